The number of hydrogen-bond donors (Lipinski definition) is 1. The van der Waals surface area contributed by atoms with Crippen molar-refractivity contribution in [1.82, 2.24) is 9.55 Å². The lowest BCUT2D eigenvalue weighted by Crippen LogP contribution is -2.31. The van der Waals surface area contributed by atoms with Crippen LogP contribution in [0.1, 0.15) is 18.5 Å². The predicted octanol–water partition coefficient (Wildman–Crippen LogP) is 4.18. The third kappa shape index (κ3) is 4.22. The molecule has 0 aliphatic heterocycles. The average Bonchev–Trinajstić information content (AvgIpc) is 2.79. The van der Waals surface area contributed by atoms with E-state index in [1.807, 2.05) is 36.4 Å². The summed E-state index contributed by atoms with van der Waals surface area (Å²) in [7, 11) is 0. The number of amides is 1. The van der Waals surface area contributed by atoms with Crippen molar-refractivity contribution in [3.8, 4) is 5.75 Å². The van der Waals surface area contributed by atoms with Crippen LogP contribution >= 0.6 is 0 Å². The molecule has 0 radical (unpaired) electrons. The lowest BCUT2D eigenvalue weighted by atomic mass is 10.2. The molecule has 1 atom stereocenters. The average molecular weight is 399 g/mol. The number of para-hydroxylation sites is 1. The van der Waals surface area contributed by atoms with E-state index in [1.54, 1.807) is 49.4 Å². The van der Waals surface area contributed by atoms with E-state index in [0.29, 0.717) is 28.9 Å². The monoisotopic (exact) mass is 399 g/mol. The molecule has 3 aromatic carbocycles. The molecule has 1 heterocycles. The van der Waals surface area contributed by atoms with E-state index in [4.69, 9.17) is 4.74 Å². The van der Waals surface area contributed by atoms with Crippen LogP contribution in [0.4, 0.5) is 5.69 Å². The summed E-state index contributed by atoms with van der Waals surface area (Å²) >= 11 is 0. The molecule has 150 valence electrons. The summed E-state index contributed by atoms with van der Waals surface area (Å²) in [5.41, 5.74) is 2.07. The van der Waals surface area contributed by atoms with Crippen LogP contribution in [0.15, 0.2) is 90.0 Å². The van der Waals surface area contributed by atoms with E-state index in [-0.39, 0.29) is 11.5 Å². The number of nitrogens with zero attached hydrogens (tertiary/aromatic N) is 2. The smallest absolute Gasteiger partial charge is 0.261 e. The third-order valence-corrected chi connectivity index (χ3v) is 4.86. The summed E-state index contributed by atoms with van der Waals surface area (Å²) in [6, 6.07) is 23.4. The molecule has 0 saturated carbocycles. The van der Waals surface area contributed by atoms with Crippen molar-refractivity contribution < 1.29 is 9.53 Å². The standard InChI is InChI=1S/C24H21N3O3/c1-17(27-16-25-22-10-6-5-9-21(22)24(27)29)23(28)26-19-11-13-20(14-12-19)30-15-18-7-3-2-4-8-18/h2-14,16-17H,15H2,1H3,(H,26,28). The Morgan fingerprint density at radius 1 is 1.00 bits per heavy atom. The van der Waals surface area contributed by atoms with Gasteiger partial charge in [-0.2, -0.15) is 0 Å². The van der Waals surface area contributed by atoms with E-state index in [0.717, 1.165) is 5.56 Å². The molecule has 0 saturated heterocycles. The molecule has 30 heavy (non-hydrogen) atoms. The molecule has 4 aromatic rings. The highest BCUT2D eigenvalue weighted by Gasteiger charge is 2.17. The summed E-state index contributed by atoms with van der Waals surface area (Å²) in [6.45, 7) is 2.14. The second kappa shape index (κ2) is 8.61. The SMILES string of the molecule is CC(C(=O)Nc1ccc(OCc2ccccc2)cc1)n1cnc2ccccc2c1=O. The number of anilines is 1. The van der Waals surface area contributed by atoms with Gasteiger partial charge in [-0.1, -0.05) is 42.5 Å². The maximum Gasteiger partial charge on any atom is 0.261 e. The van der Waals surface area contributed by atoms with Crippen molar-refractivity contribution in [3.05, 3.63) is 101 Å². The first-order chi connectivity index (χ1) is 14.6. The van der Waals surface area contributed by atoms with Gasteiger partial charge in [0, 0.05) is 5.69 Å². The number of hydrogen-bond acceptors (Lipinski definition) is 4. The summed E-state index contributed by atoms with van der Waals surface area (Å²) in [6.07, 6.45) is 1.41. The number of nitrogens with one attached hydrogen (secondary N) is 1. The highest BCUT2D eigenvalue weighted by molar-refractivity contribution is 5.93. The van der Waals surface area contributed by atoms with Gasteiger partial charge in [0.15, 0.2) is 0 Å². The van der Waals surface area contributed by atoms with Gasteiger partial charge in [0.1, 0.15) is 18.4 Å². The fraction of sp³-hybridized carbons (Fsp3) is 0.125. The third-order valence-electron chi connectivity index (χ3n) is 4.86. The van der Waals surface area contributed by atoms with Gasteiger partial charge in [-0.15, -0.1) is 0 Å². The number of ether oxygens (including phenoxy) is 1. The number of aromatic nitrogens is 2. The highest BCUT2D eigenvalue weighted by Crippen LogP contribution is 2.18. The first-order valence-electron chi connectivity index (χ1n) is 9.65. The van der Waals surface area contributed by atoms with Crippen molar-refractivity contribution in [1.29, 1.82) is 0 Å². The fourth-order valence-electron chi connectivity index (χ4n) is 3.11. The van der Waals surface area contributed by atoms with E-state index in [2.05, 4.69) is 10.3 Å². The van der Waals surface area contributed by atoms with E-state index >= 15 is 0 Å². The van der Waals surface area contributed by atoms with Gasteiger partial charge in [0.2, 0.25) is 5.91 Å². The fourth-order valence-corrected chi connectivity index (χ4v) is 3.11. The van der Waals surface area contributed by atoms with Crippen LogP contribution in [0, 0.1) is 0 Å². The zero-order chi connectivity index (χ0) is 20.9. The molecular formula is C24H21N3O3. The summed E-state index contributed by atoms with van der Waals surface area (Å²) in [5.74, 6) is 0.409. The van der Waals surface area contributed by atoms with Gasteiger partial charge in [0.05, 0.1) is 17.2 Å². The lowest BCUT2D eigenvalue weighted by Gasteiger charge is -2.15. The Morgan fingerprint density at radius 3 is 2.47 bits per heavy atom. The van der Waals surface area contributed by atoms with E-state index in [1.165, 1.54) is 10.9 Å². The molecular weight excluding hydrogens is 378 g/mol. The maximum atomic E-state index is 12.7. The van der Waals surface area contributed by atoms with Gasteiger partial charge in [-0.3, -0.25) is 14.2 Å². The maximum absolute atomic E-state index is 12.7. The minimum absolute atomic E-state index is 0.243. The molecule has 1 N–H and O–H groups in total. The van der Waals surface area contributed by atoms with Crippen LogP contribution in [0.5, 0.6) is 5.75 Å². The zero-order valence-electron chi connectivity index (χ0n) is 16.5. The molecule has 6 nitrogen and oxygen atoms in total. The zero-order valence-corrected chi connectivity index (χ0v) is 16.5. The van der Waals surface area contributed by atoms with Crippen LogP contribution in [-0.4, -0.2) is 15.5 Å². The van der Waals surface area contributed by atoms with Crippen LogP contribution in [0.2, 0.25) is 0 Å². The topological polar surface area (TPSA) is 73.2 Å². The predicted molar refractivity (Wildman–Crippen MR) is 117 cm³/mol. The van der Waals surface area contributed by atoms with Crippen molar-refractivity contribution in [2.24, 2.45) is 0 Å². The molecule has 0 fully saturated rings. The van der Waals surface area contributed by atoms with Gasteiger partial charge in [-0.05, 0) is 48.9 Å². The molecule has 0 spiro atoms. The Morgan fingerprint density at radius 2 is 1.70 bits per heavy atom. The summed E-state index contributed by atoms with van der Waals surface area (Å²) in [4.78, 5) is 29.6. The van der Waals surface area contributed by atoms with Crippen molar-refractivity contribution in [2.75, 3.05) is 5.32 Å². The normalized spacial score (nSPS) is 11.8. The minimum Gasteiger partial charge on any atom is -0.489 e. The first kappa shape index (κ1) is 19.4. The van der Waals surface area contributed by atoms with Gasteiger partial charge in [0.25, 0.3) is 5.56 Å². The van der Waals surface area contributed by atoms with E-state index < -0.39 is 6.04 Å². The van der Waals surface area contributed by atoms with Crippen molar-refractivity contribution in [3.63, 3.8) is 0 Å². The van der Waals surface area contributed by atoms with Crippen LogP contribution in [-0.2, 0) is 11.4 Å². The largest absolute Gasteiger partial charge is 0.489 e. The second-order valence-electron chi connectivity index (χ2n) is 6.94. The van der Waals surface area contributed by atoms with Crippen LogP contribution in [0.25, 0.3) is 10.9 Å². The quantitative estimate of drug-likeness (QED) is 0.528. The molecule has 1 amide bonds. The number of carbonyl (C=O) groups excluding carboxylic acids is 1. The van der Waals surface area contributed by atoms with Gasteiger partial charge in [-0.25, -0.2) is 4.98 Å². The van der Waals surface area contributed by atoms with Crippen molar-refractivity contribution in [2.45, 2.75) is 19.6 Å². The molecule has 6 heteroatoms. The summed E-state index contributed by atoms with van der Waals surface area (Å²) in [5, 5.41) is 3.32. The van der Waals surface area contributed by atoms with Gasteiger partial charge >= 0.3 is 0 Å². The molecule has 0 aliphatic carbocycles. The molecule has 4 rings (SSSR count). The molecule has 0 aliphatic rings. The molecule has 1 aromatic heterocycles. The lowest BCUT2D eigenvalue weighted by molar-refractivity contribution is -0.118. The molecule has 0 bridgehead atoms. The second-order valence-corrected chi connectivity index (χ2v) is 6.94. The number of carbonyl (C=O) groups is 1. The highest BCUT2D eigenvalue weighted by atomic mass is 16.5. The Bertz CT molecular complexity index is 1220. The Labute approximate surface area is 173 Å². The van der Waals surface area contributed by atoms with E-state index in [9.17, 15) is 9.59 Å². The Hall–Kier alpha value is -3.93. The Kier molecular flexibility index (Phi) is 5.57. The van der Waals surface area contributed by atoms with Crippen LogP contribution in [0.3, 0.4) is 0 Å². The first-order valence-corrected chi connectivity index (χ1v) is 9.65. The number of rotatable bonds is 6. The number of benzene rings is 3. The van der Waals surface area contributed by atoms with Crippen molar-refractivity contribution >= 4 is 22.5 Å². The van der Waals surface area contributed by atoms with Crippen LogP contribution < -0.4 is 15.6 Å². The molecule has 1 unspecified atom stereocenters. The van der Waals surface area contributed by atoms with Gasteiger partial charge < -0.3 is 10.1 Å². The minimum atomic E-state index is -0.705. The Balaban J connectivity index is 1.42. The number of fused-ring (bicyclic) bond motifs is 1. The summed E-state index contributed by atoms with van der Waals surface area (Å²) < 4.78 is 7.10.